The summed E-state index contributed by atoms with van der Waals surface area (Å²) < 4.78 is 16.7. The van der Waals surface area contributed by atoms with Crippen LogP contribution in [0.1, 0.15) is 0 Å². The van der Waals surface area contributed by atoms with E-state index in [2.05, 4.69) is 9.97 Å². The van der Waals surface area contributed by atoms with Gasteiger partial charge in [-0.15, -0.1) is 0 Å². The van der Waals surface area contributed by atoms with Gasteiger partial charge in [0.2, 0.25) is 5.88 Å². The molecule has 3 heterocycles. The number of aliphatic hydroxyl groups is 1. The first-order valence-electron chi connectivity index (χ1n) is 5.73. The molecule has 98 valence electrons. The van der Waals surface area contributed by atoms with Crippen LogP contribution in [0.5, 0.6) is 5.88 Å². The first-order chi connectivity index (χ1) is 8.78. The number of hydrogen-bond acceptors (Lipinski definition) is 7. The molecule has 7 heteroatoms. The van der Waals surface area contributed by atoms with Gasteiger partial charge in [-0.2, -0.15) is 4.98 Å². The molecule has 0 bridgehead atoms. The predicted molar refractivity (Wildman–Crippen MR) is 63.7 cm³/mol. The van der Waals surface area contributed by atoms with E-state index in [0.29, 0.717) is 24.3 Å². The van der Waals surface area contributed by atoms with E-state index in [4.69, 9.17) is 14.2 Å². The SMILES string of the molecule is CSc1nccc(O[C@H]2CO[C@H]3[C@@H]2OC[C@@H]3O)n1. The molecule has 0 radical (unpaired) electrons. The summed E-state index contributed by atoms with van der Waals surface area (Å²) in [6.07, 6.45) is 2.29. The summed E-state index contributed by atoms with van der Waals surface area (Å²) in [5, 5.41) is 10.3. The van der Waals surface area contributed by atoms with E-state index in [1.54, 1.807) is 12.3 Å². The second-order valence-electron chi connectivity index (χ2n) is 4.20. The highest BCUT2D eigenvalue weighted by Gasteiger charge is 2.48. The fraction of sp³-hybridized carbons (Fsp3) is 0.636. The summed E-state index contributed by atoms with van der Waals surface area (Å²) in [6, 6.07) is 1.71. The Hall–Kier alpha value is -0.890. The summed E-state index contributed by atoms with van der Waals surface area (Å²) in [4.78, 5) is 8.32. The number of rotatable bonds is 3. The average molecular weight is 270 g/mol. The van der Waals surface area contributed by atoms with Crippen LogP contribution in [0.3, 0.4) is 0 Å². The number of aliphatic hydroxyl groups excluding tert-OH is 1. The number of aromatic nitrogens is 2. The zero-order valence-corrected chi connectivity index (χ0v) is 10.7. The molecule has 0 unspecified atom stereocenters. The summed E-state index contributed by atoms with van der Waals surface area (Å²) in [5.41, 5.74) is 0. The lowest BCUT2D eigenvalue weighted by Crippen LogP contribution is -2.34. The molecule has 0 amide bonds. The largest absolute Gasteiger partial charge is 0.469 e. The van der Waals surface area contributed by atoms with Crippen LogP contribution in [-0.4, -0.2) is 59.0 Å². The minimum Gasteiger partial charge on any atom is -0.469 e. The van der Waals surface area contributed by atoms with Crippen molar-refractivity contribution in [2.45, 2.75) is 29.6 Å². The van der Waals surface area contributed by atoms with Gasteiger partial charge in [-0.1, -0.05) is 11.8 Å². The highest BCUT2D eigenvalue weighted by atomic mass is 32.2. The maximum atomic E-state index is 9.63. The van der Waals surface area contributed by atoms with Crippen LogP contribution in [0.25, 0.3) is 0 Å². The van der Waals surface area contributed by atoms with Crippen LogP contribution in [0, 0.1) is 0 Å². The van der Waals surface area contributed by atoms with Crippen molar-refractivity contribution in [3.05, 3.63) is 12.3 Å². The molecule has 2 fully saturated rings. The van der Waals surface area contributed by atoms with Crippen molar-refractivity contribution < 1.29 is 19.3 Å². The minimum absolute atomic E-state index is 0.215. The number of nitrogens with zero attached hydrogens (tertiary/aromatic N) is 2. The first kappa shape index (κ1) is 12.2. The average Bonchev–Trinajstić information content (AvgIpc) is 2.95. The first-order valence-corrected chi connectivity index (χ1v) is 6.95. The lowest BCUT2D eigenvalue weighted by Gasteiger charge is -2.17. The van der Waals surface area contributed by atoms with E-state index in [1.807, 2.05) is 6.26 Å². The van der Waals surface area contributed by atoms with Gasteiger partial charge in [0.1, 0.15) is 18.3 Å². The standard InChI is InChI=1S/C11H14N2O4S/c1-18-11-12-3-2-8(13-11)17-7-5-16-9-6(14)4-15-10(7)9/h2-3,6-7,9-10,14H,4-5H2,1H3/t6-,7-,9+,10+/m0/s1. The third-order valence-electron chi connectivity index (χ3n) is 3.04. The zero-order valence-electron chi connectivity index (χ0n) is 9.85. The van der Waals surface area contributed by atoms with Gasteiger partial charge in [0.25, 0.3) is 0 Å². The monoisotopic (exact) mass is 270 g/mol. The molecule has 1 aromatic heterocycles. The van der Waals surface area contributed by atoms with Crippen LogP contribution < -0.4 is 4.74 Å². The number of fused-ring (bicyclic) bond motifs is 1. The van der Waals surface area contributed by atoms with Crippen LogP contribution >= 0.6 is 11.8 Å². The Morgan fingerprint density at radius 2 is 2.22 bits per heavy atom. The maximum Gasteiger partial charge on any atom is 0.217 e. The van der Waals surface area contributed by atoms with Crippen molar-refractivity contribution in [1.29, 1.82) is 0 Å². The number of thioether (sulfide) groups is 1. The maximum absolute atomic E-state index is 9.63. The molecule has 18 heavy (non-hydrogen) atoms. The van der Waals surface area contributed by atoms with Crippen molar-refractivity contribution >= 4 is 11.8 Å². The lowest BCUT2D eigenvalue weighted by atomic mass is 10.1. The van der Waals surface area contributed by atoms with E-state index in [-0.39, 0.29) is 18.3 Å². The van der Waals surface area contributed by atoms with E-state index in [1.165, 1.54) is 11.8 Å². The quantitative estimate of drug-likeness (QED) is 0.617. The Morgan fingerprint density at radius 3 is 3.06 bits per heavy atom. The van der Waals surface area contributed by atoms with Crippen LogP contribution in [0.4, 0.5) is 0 Å². The summed E-state index contributed by atoms with van der Waals surface area (Å²) in [6.45, 7) is 0.708. The van der Waals surface area contributed by atoms with Crippen molar-refractivity contribution in [1.82, 2.24) is 9.97 Å². The fourth-order valence-corrected chi connectivity index (χ4v) is 2.54. The minimum atomic E-state index is -0.559. The Labute approximate surface area is 109 Å². The Balaban J connectivity index is 1.69. The highest BCUT2D eigenvalue weighted by molar-refractivity contribution is 7.98. The van der Waals surface area contributed by atoms with Gasteiger partial charge < -0.3 is 19.3 Å². The molecule has 0 aliphatic carbocycles. The van der Waals surface area contributed by atoms with Gasteiger partial charge in [0.05, 0.1) is 13.2 Å². The van der Waals surface area contributed by atoms with Crippen LogP contribution in [0.2, 0.25) is 0 Å². The molecule has 2 aliphatic heterocycles. The van der Waals surface area contributed by atoms with Gasteiger partial charge in [-0.05, 0) is 6.26 Å². The molecule has 1 aromatic rings. The van der Waals surface area contributed by atoms with E-state index in [9.17, 15) is 5.11 Å². The number of hydrogen-bond donors (Lipinski definition) is 1. The topological polar surface area (TPSA) is 73.7 Å². The molecule has 0 spiro atoms. The lowest BCUT2D eigenvalue weighted by molar-refractivity contribution is 0.00765. The summed E-state index contributed by atoms with van der Waals surface area (Å²) in [5.74, 6) is 0.508. The molecule has 6 nitrogen and oxygen atoms in total. The second-order valence-corrected chi connectivity index (χ2v) is 4.97. The molecular formula is C11H14N2O4S. The zero-order chi connectivity index (χ0) is 12.5. The third kappa shape index (κ3) is 2.18. The molecule has 2 aliphatic rings. The second kappa shape index (κ2) is 5.00. The van der Waals surface area contributed by atoms with E-state index >= 15 is 0 Å². The molecule has 3 rings (SSSR count). The Morgan fingerprint density at radius 1 is 1.39 bits per heavy atom. The highest BCUT2D eigenvalue weighted by Crippen LogP contribution is 2.29. The van der Waals surface area contributed by atoms with Gasteiger partial charge in [0.15, 0.2) is 11.3 Å². The molecule has 0 aromatic carbocycles. The van der Waals surface area contributed by atoms with E-state index in [0.717, 1.165) is 0 Å². The number of ether oxygens (including phenoxy) is 3. The molecular weight excluding hydrogens is 256 g/mol. The van der Waals surface area contributed by atoms with Crippen molar-refractivity contribution in [2.75, 3.05) is 19.5 Å². The third-order valence-corrected chi connectivity index (χ3v) is 3.61. The van der Waals surface area contributed by atoms with Gasteiger partial charge >= 0.3 is 0 Å². The van der Waals surface area contributed by atoms with Gasteiger partial charge in [-0.3, -0.25) is 0 Å². The molecule has 2 saturated heterocycles. The van der Waals surface area contributed by atoms with Gasteiger partial charge in [-0.25, -0.2) is 4.98 Å². The normalized spacial score (nSPS) is 34.6. The summed E-state index contributed by atoms with van der Waals surface area (Å²) >= 11 is 1.46. The Bertz CT molecular complexity index is 433. The van der Waals surface area contributed by atoms with Crippen molar-refractivity contribution in [2.24, 2.45) is 0 Å². The summed E-state index contributed by atoms with van der Waals surface area (Å²) in [7, 11) is 0. The molecule has 1 N–H and O–H groups in total. The van der Waals surface area contributed by atoms with Crippen molar-refractivity contribution in [3.8, 4) is 5.88 Å². The van der Waals surface area contributed by atoms with E-state index < -0.39 is 6.10 Å². The van der Waals surface area contributed by atoms with Crippen LogP contribution in [-0.2, 0) is 9.47 Å². The molecule has 0 saturated carbocycles. The van der Waals surface area contributed by atoms with Gasteiger partial charge in [0, 0.05) is 12.3 Å². The van der Waals surface area contributed by atoms with Crippen LogP contribution in [0.15, 0.2) is 17.4 Å². The van der Waals surface area contributed by atoms with Crippen molar-refractivity contribution in [3.63, 3.8) is 0 Å². The molecule has 4 atom stereocenters. The fourth-order valence-electron chi connectivity index (χ4n) is 2.19. The Kier molecular flexibility index (Phi) is 3.38. The predicted octanol–water partition coefficient (Wildman–Crippen LogP) is 0.104. The smallest absolute Gasteiger partial charge is 0.217 e.